The minimum atomic E-state index is -1.48. The molecule has 1 aromatic rings. The van der Waals surface area contributed by atoms with Crippen LogP contribution in [0.2, 0.25) is 0 Å². The molecule has 0 aliphatic heterocycles. The molecule has 7 nitrogen and oxygen atoms in total. The fourth-order valence-electron chi connectivity index (χ4n) is 0.994. The lowest BCUT2D eigenvalue weighted by Gasteiger charge is -2.01. The number of carboxylic acid groups (broad SMARTS) is 1. The van der Waals surface area contributed by atoms with Crippen LogP contribution in [0.5, 0.6) is 0 Å². The standard InChI is InChI=1S/C10H8N2O5/c13-9(5-6-10(14)15)11-7-1-3-8(4-2-7)12(16)17/h1-6H,(H,11,13)(H,14,15)/p-1/b6-5+. The minimum Gasteiger partial charge on any atom is -0.545 e. The second-order valence-electron chi connectivity index (χ2n) is 2.95. The van der Waals surface area contributed by atoms with Crippen molar-refractivity contribution in [3.05, 3.63) is 46.5 Å². The fraction of sp³-hybridized carbons (Fsp3) is 0. The van der Waals surface area contributed by atoms with Gasteiger partial charge < -0.3 is 15.2 Å². The van der Waals surface area contributed by atoms with Gasteiger partial charge in [-0.3, -0.25) is 14.9 Å². The molecular weight excluding hydrogens is 228 g/mol. The summed E-state index contributed by atoms with van der Waals surface area (Å²) in [6.45, 7) is 0. The smallest absolute Gasteiger partial charge is 0.269 e. The molecule has 1 rings (SSSR count). The summed E-state index contributed by atoms with van der Waals surface area (Å²) in [5, 5.41) is 22.7. The molecule has 0 atom stereocenters. The van der Waals surface area contributed by atoms with Crippen molar-refractivity contribution >= 4 is 23.3 Å². The van der Waals surface area contributed by atoms with Crippen LogP contribution < -0.4 is 10.4 Å². The van der Waals surface area contributed by atoms with Gasteiger partial charge in [0, 0.05) is 23.9 Å². The number of nitrogens with zero attached hydrogens (tertiary/aromatic N) is 1. The number of carboxylic acids is 1. The molecule has 0 spiro atoms. The molecule has 0 saturated carbocycles. The lowest BCUT2D eigenvalue weighted by molar-refractivity contribution is -0.384. The molecule has 1 amide bonds. The van der Waals surface area contributed by atoms with Crippen LogP contribution in [-0.2, 0) is 9.59 Å². The maximum absolute atomic E-state index is 11.1. The maximum atomic E-state index is 11.1. The van der Waals surface area contributed by atoms with E-state index < -0.39 is 16.8 Å². The predicted octanol–water partition coefficient (Wildman–Crippen LogP) is -0.161. The van der Waals surface area contributed by atoms with E-state index in [0.29, 0.717) is 11.8 Å². The maximum Gasteiger partial charge on any atom is 0.269 e. The summed E-state index contributed by atoms with van der Waals surface area (Å²) in [4.78, 5) is 30.9. The number of non-ortho nitro benzene ring substituents is 1. The van der Waals surface area contributed by atoms with Crippen molar-refractivity contribution in [1.82, 2.24) is 0 Å². The molecule has 1 N–H and O–H groups in total. The summed E-state index contributed by atoms with van der Waals surface area (Å²) in [7, 11) is 0. The zero-order chi connectivity index (χ0) is 12.8. The van der Waals surface area contributed by atoms with Crippen LogP contribution in [0.1, 0.15) is 0 Å². The summed E-state index contributed by atoms with van der Waals surface area (Å²) in [5.41, 5.74) is 0.219. The Morgan fingerprint density at radius 1 is 1.18 bits per heavy atom. The molecule has 17 heavy (non-hydrogen) atoms. The summed E-state index contributed by atoms with van der Waals surface area (Å²) in [6, 6.07) is 5.11. The Hall–Kier alpha value is -2.70. The number of benzene rings is 1. The minimum absolute atomic E-state index is 0.103. The second-order valence-corrected chi connectivity index (χ2v) is 2.95. The number of anilines is 1. The van der Waals surface area contributed by atoms with Crippen LogP contribution in [0.25, 0.3) is 0 Å². The van der Waals surface area contributed by atoms with E-state index in [1.54, 1.807) is 0 Å². The summed E-state index contributed by atoms with van der Waals surface area (Å²) < 4.78 is 0. The number of carbonyl (C=O) groups excluding carboxylic acids is 2. The second kappa shape index (κ2) is 5.40. The normalized spacial score (nSPS) is 10.1. The van der Waals surface area contributed by atoms with Gasteiger partial charge in [0.2, 0.25) is 5.91 Å². The van der Waals surface area contributed by atoms with E-state index in [1.165, 1.54) is 24.3 Å². The van der Waals surface area contributed by atoms with Crippen molar-refractivity contribution in [3.63, 3.8) is 0 Å². The Kier molecular flexibility index (Phi) is 3.93. The highest BCUT2D eigenvalue weighted by Gasteiger charge is 2.04. The first-order valence-electron chi connectivity index (χ1n) is 4.43. The SMILES string of the molecule is O=C([O-])/C=C/C(=O)Nc1ccc([N+](=O)[O-])cc1. The Morgan fingerprint density at radius 2 is 1.76 bits per heavy atom. The summed E-state index contributed by atoms with van der Waals surface area (Å²) >= 11 is 0. The molecule has 0 saturated heterocycles. The average molecular weight is 235 g/mol. The summed E-state index contributed by atoms with van der Waals surface area (Å²) in [6.07, 6.45) is 1.37. The molecule has 0 aromatic heterocycles. The molecule has 0 radical (unpaired) electrons. The van der Waals surface area contributed by atoms with Crippen molar-refractivity contribution in [2.75, 3.05) is 5.32 Å². The topological polar surface area (TPSA) is 112 Å². The van der Waals surface area contributed by atoms with E-state index in [4.69, 9.17) is 0 Å². The van der Waals surface area contributed by atoms with Crippen LogP contribution in [0.4, 0.5) is 11.4 Å². The van der Waals surface area contributed by atoms with Gasteiger partial charge in [0.25, 0.3) is 5.69 Å². The fourth-order valence-corrected chi connectivity index (χ4v) is 0.994. The van der Waals surface area contributed by atoms with Gasteiger partial charge in [-0.25, -0.2) is 0 Å². The largest absolute Gasteiger partial charge is 0.545 e. The molecule has 0 fully saturated rings. The van der Waals surface area contributed by atoms with Crippen molar-refractivity contribution < 1.29 is 19.6 Å². The number of rotatable bonds is 4. The van der Waals surface area contributed by atoms with Gasteiger partial charge in [0.1, 0.15) is 0 Å². The highest BCUT2D eigenvalue weighted by molar-refractivity contribution is 6.02. The molecule has 0 aliphatic rings. The highest BCUT2D eigenvalue weighted by atomic mass is 16.6. The van der Waals surface area contributed by atoms with Crippen LogP contribution in [0.3, 0.4) is 0 Å². The number of nitro benzene ring substituents is 1. The van der Waals surface area contributed by atoms with Gasteiger partial charge in [-0.15, -0.1) is 0 Å². The number of aliphatic carboxylic acids is 1. The Balaban J connectivity index is 2.66. The number of nitro groups is 1. The van der Waals surface area contributed by atoms with Crippen molar-refractivity contribution in [2.45, 2.75) is 0 Å². The van der Waals surface area contributed by atoms with Crippen molar-refractivity contribution in [2.24, 2.45) is 0 Å². The number of hydrogen-bond donors (Lipinski definition) is 1. The predicted molar refractivity (Wildman–Crippen MR) is 55.9 cm³/mol. The third-order valence-electron chi connectivity index (χ3n) is 1.72. The number of hydrogen-bond acceptors (Lipinski definition) is 5. The zero-order valence-electron chi connectivity index (χ0n) is 8.45. The molecule has 0 aliphatic carbocycles. The van der Waals surface area contributed by atoms with Crippen LogP contribution >= 0.6 is 0 Å². The van der Waals surface area contributed by atoms with E-state index in [2.05, 4.69) is 5.32 Å². The van der Waals surface area contributed by atoms with Crippen LogP contribution in [-0.4, -0.2) is 16.8 Å². The molecule has 0 bridgehead atoms. The zero-order valence-corrected chi connectivity index (χ0v) is 8.45. The molecule has 88 valence electrons. The third kappa shape index (κ3) is 4.12. The molecule has 0 heterocycles. The van der Waals surface area contributed by atoms with Gasteiger partial charge >= 0.3 is 0 Å². The number of carbonyl (C=O) groups is 2. The third-order valence-corrected chi connectivity index (χ3v) is 1.72. The first-order chi connectivity index (χ1) is 7.99. The Labute approximate surface area is 95.5 Å². The van der Waals surface area contributed by atoms with E-state index >= 15 is 0 Å². The van der Waals surface area contributed by atoms with E-state index in [9.17, 15) is 24.8 Å². The lowest BCUT2D eigenvalue weighted by Crippen LogP contribution is -2.20. The molecular formula is C10H7N2O5-. The van der Waals surface area contributed by atoms with E-state index in [-0.39, 0.29) is 5.69 Å². The van der Waals surface area contributed by atoms with Gasteiger partial charge in [-0.05, 0) is 18.2 Å². The lowest BCUT2D eigenvalue weighted by atomic mass is 10.3. The van der Waals surface area contributed by atoms with Gasteiger partial charge in [-0.2, -0.15) is 0 Å². The average Bonchev–Trinajstić information content (AvgIpc) is 2.27. The quantitative estimate of drug-likeness (QED) is 0.442. The highest BCUT2D eigenvalue weighted by Crippen LogP contribution is 2.15. The number of amides is 1. The van der Waals surface area contributed by atoms with E-state index in [1.807, 2.05) is 0 Å². The Bertz CT molecular complexity index is 478. The van der Waals surface area contributed by atoms with Crippen LogP contribution in [0, 0.1) is 10.1 Å². The van der Waals surface area contributed by atoms with Crippen molar-refractivity contribution in [1.29, 1.82) is 0 Å². The summed E-state index contributed by atoms with van der Waals surface area (Å²) in [5.74, 6) is -2.15. The first-order valence-corrected chi connectivity index (χ1v) is 4.43. The Morgan fingerprint density at radius 3 is 2.24 bits per heavy atom. The molecule has 1 aromatic carbocycles. The number of nitrogens with one attached hydrogen (secondary N) is 1. The van der Waals surface area contributed by atoms with Gasteiger partial charge in [-0.1, -0.05) is 0 Å². The first kappa shape index (κ1) is 12.4. The van der Waals surface area contributed by atoms with Crippen molar-refractivity contribution in [3.8, 4) is 0 Å². The van der Waals surface area contributed by atoms with Crippen LogP contribution in [0.15, 0.2) is 36.4 Å². The van der Waals surface area contributed by atoms with E-state index in [0.717, 1.165) is 6.08 Å². The molecule has 7 heteroatoms. The molecule has 0 unspecified atom stereocenters. The monoisotopic (exact) mass is 235 g/mol. The van der Waals surface area contributed by atoms with Gasteiger partial charge in [0.05, 0.1) is 10.9 Å². The van der Waals surface area contributed by atoms with Gasteiger partial charge in [0.15, 0.2) is 0 Å².